The van der Waals surface area contributed by atoms with Crippen LogP contribution in [0.5, 0.6) is 0 Å². The van der Waals surface area contributed by atoms with Crippen molar-refractivity contribution in [1.29, 1.82) is 0 Å². The van der Waals surface area contributed by atoms with Crippen LogP contribution in [0.15, 0.2) is 60.7 Å². The van der Waals surface area contributed by atoms with Crippen LogP contribution in [0.3, 0.4) is 0 Å². The number of nitrogens with zero attached hydrogens (tertiary/aromatic N) is 1. The number of rotatable bonds is 13. The molecule has 2 aromatic carbocycles. The van der Waals surface area contributed by atoms with Crippen LogP contribution in [0.2, 0.25) is 0 Å². The second-order valence-electron chi connectivity index (χ2n) is 8.58. The van der Waals surface area contributed by atoms with Crippen molar-refractivity contribution in [2.24, 2.45) is 5.92 Å². The molecule has 0 aliphatic heterocycles. The predicted octanol–water partition coefficient (Wildman–Crippen LogP) is 4.80. The van der Waals surface area contributed by atoms with Crippen LogP contribution in [0.1, 0.15) is 31.4 Å². The van der Waals surface area contributed by atoms with E-state index in [0.717, 1.165) is 17.5 Å². The molecule has 32 heavy (non-hydrogen) atoms. The minimum atomic E-state index is -0.428. The number of hydrogen-bond acceptors (Lipinski definition) is 5. The summed E-state index contributed by atoms with van der Waals surface area (Å²) in [5, 5.41) is 3.02. The van der Waals surface area contributed by atoms with E-state index in [-0.39, 0.29) is 24.5 Å². The van der Waals surface area contributed by atoms with Crippen LogP contribution < -0.4 is 5.32 Å². The molecule has 0 spiro atoms. The van der Waals surface area contributed by atoms with Gasteiger partial charge in [-0.2, -0.15) is 11.8 Å². The van der Waals surface area contributed by atoms with Crippen molar-refractivity contribution < 1.29 is 14.3 Å². The van der Waals surface area contributed by atoms with E-state index >= 15 is 0 Å². The van der Waals surface area contributed by atoms with Gasteiger partial charge in [0.25, 0.3) is 0 Å². The monoisotopic (exact) mass is 456 g/mol. The Morgan fingerprint density at radius 2 is 1.59 bits per heavy atom. The molecule has 174 valence electrons. The second kappa shape index (κ2) is 14.0. The van der Waals surface area contributed by atoms with Gasteiger partial charge in [0, 0.05) is 12.6 Å². The normalized spacial score (nSPS) is 13.1. The Kier molecular flexibility index (Phi) is 11.3. The van der Waals surface area contributed by atoms with Crippen LogP contribution in [0.25, 0.3) is 0 Å². The summed E-state index contributed by atoms with van der Waals surface area (Å²) >= 11 is 1.54. The van der Waals surface area contributed by atoms with Gasteiger partial charge in [-0.3, -0.25) is 9.69 Å². The van der Waals surface area contributed by atoms with E-state index in [1.54, 1.807) is 11.8 Å². The standard InChI is InChI=1S/C26H36N2O3S/c1-20(2)15-23(27-26(30)31-18-22-13-9-6-10-14-22)17-28(3)24(25(29)19-32-4)16-21-11-7-5-8-12-21/h5-14,20,23-24H,15-19H2,1-4H3,(H,27,30). The number of alkyl carbamates (subject to hydrolysis) is 1. The first-order chi connectivity index (χ1) is 15.4. The summed E-state index contributed by atoms with van der Waals surface area (Å²) in [6.07, 6.45) is 2.98. The molecule has 0 aromatic heterocycles. The van der Waals surface area contributed by atoms with E-state index in [1.807, 2.05) is 61.8 Å². The summed E-state index contributed by atoms with van der Waals surface area (Å²) in [6, 6.07) is 19.4. The number of carbonyl (C=O) groups is 2. The Labute approximate surface area is 196 Å². The fourth-order valence-corrected chi connectivity index (χ4v) is 4.22. The molecule has 1 amide bonds. The molecule has 0 aliphatic carbocycles. The van der Waals surface area contributed by atoms with E-state index in [0.29, 0.717) is 24.6 Å². The molecular weight excluding hydrogens is 420 g/mol. The van der Waals surface area contributed by atoms with E-state index in [2.05, 4.69) is 36.2 Å². The first kappa shape index (κ1) is 25.9. The number of nitrogens with one attached hydrogen (secondary N) is 1. The van der Waals surface area contributed by atoms with Crippen molar-refractivity contribution in [3.05, 3.63) is 71.8 Å². The molecule has 0 aliphatic rings. The third-order valence-electron chi connectivity index (χ3n) is 5.26. The second-order valence-corrected chi connectivity index (χ2v) is 9.44. The summed E-state index contributed by atoms with van der Waals surface area (Å²) in [4.78, 5) is 27.4. The number of carbonyl (C=O) groups excluding carboxylic acids is 2. The minimum Gasteiger partial charge on any atom is -0.445 e. The van der Waals surface area contributed by atoms with E-state index < -0.39 is 6.09 Å². The highest BCUT2D eigenvalue weighted by Gasteiger charge is 2.26. The first-order valence-corrected chi connectivity index (χ1v) is 12.5. The predicted molar refractivity (Wildman–Crippen MR) is 133 cm³/mol. The van der Waals surface area contributed by atoms with Crippen LogP contribution in [-0.4, -0.2) is 54.5 Å². The summed E-state index contributed by atoms with van der Waals surface area (Å²) in [7, 11) is 1.97. The Bertz CT molecular complexity index is 814. The SMILES string of the molecule is CSCC(=O)C(Cc1ccccc1)N(C)CC(CC(C)C)NC(=O)OCc1ccccc1. The van der Waals surface area contributed by atoms with Crippen molar-refractivity contribution in [1.82, 2.24) is 10.2 Å². The topological polar surface area (TPSA) is 58.6 Å². The lowest BCUT2D eigenvalue weighted by atomic mass is 9.99. The average molecular weight is 457 g/mol. The number of ether oxygens (including phenoxy) is 1. The maximum atomic E-state index is 12.9. The summed E-state index contributed by atoms with van der Waals surface area (Å²) in [5.41, 5.74) is 2.08. The zero-order valence-corrected chi connectivity index (χ0v) is 20.4. The number of Topliss-reactive ketones (excluding diaryl/α,β-unsaturated/α-hetero) is 1. The van der Waals surface area contributed by atoms with Gasteiger partial charge in [0.15, 0.2) is 5.78 Å². The smallest absolute Gasteiger partial charge is 0.407 e. The van der Waals surface area contributed by atoms with Gasteiger partial charge in [-0.1, -0.05) is 74.5 Å². The lowest BCUT2D eigenvalue weighted by Crippen LogP contribution is -2.49. The van der Waals surface area contributed by atoms with Gasteiger partial charge < -0.3 is 10.1 Å². The number of amides is 1. The van der Waals surface area contributed by atoms with Crippen LogP contribution >= 0.6 is 11.8 Å². The van der Waals surface area contributed by atoms with Crippen molar-refractivity contribution in [2.75, 3.05) is 25.6 Å². The van der Waals surface area contributed by atoms with Gasteiger partial charge in [-0.15, -0.1) is 0 Å². The van der Waals surface area contributed by atoms with Gasteiger partial charge in [0.2, 0.25) is 0 Å². The maximum Gasteiger partial charge on any atom is 0.407 e. The zero-order chi connectivity index (χ0) is 23.3. The van der Waals surface area contributed by atoms with Crippen LogP contribution in [-0.2, 0) is 22.6 Å². The molecule has 1 N–H and O–H groups in total. The molecule has 2 unspecified atom stereocenters. The highest BCUT2D eigenvalue weighted by atomic mass is 32.2. The van der Waals surface area contributed by atoms with Crippen molar-refractivity contribution >= 4 is 23.6 Å². The number of likely N-dealkylation sites (N-methyl/N-ethyl adjacent to an activating group) is 1. The van der Waals surface area contributed by atoms with Crippen molar-refractivity contribution in [3.8, 4) is 0 Å². The molecule has 0 saturated carbocycles. The summed E-state index contributed by atoms with van der Waals surface area (Å²) in [5.74, 6) is 1.08. The lowest BCUT2D eigenvalue weighted by Gasteiger charge is -2.31. The first-order valence-electron chi connectivity index (χ1n) is 11.1. The van der Waals surface area contributed by atoms with Gasteiger partial charge in [0.1, 0.15) is 6.61 Å². The summed E-state index contributed by atoms with van der Waals surface area (Å²) in [6.45, 7) is 5.07. The molecular formula is C26H36N2O3S. The van der Waals surface area contributed by atoms with Crippen LogP contribution in [0.4, 0.5) is 4.79 Å². The molecule has 0 saturated heterocycles. The fraction of sp³-hybridized carbons (Fsp3) is 0.462. The van der Waals surface area contributed by atoms with Gasteiger partial charge in [0.05, 0.1) is 11.8 Å². The third kappa shape index (κ3) is 9.45. The lowest BCUT2D eigenvalue weighted by molar-refractivity contribution is -0.121. The molecule has 2 atom stereocenters. The zero-order valence-electron chi connectivity index (χ0n) is 19.6. The fourth-order valence-electron chi connectivity index (χ4n) is 3.75. The largest absolute Gasteiger partial charge is 0.445 e. The summed E-state index contributed by atoms with van der Waals surface area (Å²) < 4.78 is 5.43. The Morgan fingerprint density at radius 1 is 1.00 bits per heavy atom. The van der Waals surface area contributed by atoms with E-state index in [4.69, 9.17) is 4.74 Å². The van der Waals surface area contributed by atoms with Crippen molar-refractivity contribution in [3.63, 3.8) is 0 Å². The maximum absolute atomic E-state index is 12.9. The Hall–Kier alpha value is -2.31. The molecule has 2 rings (SSSR count). The number of ketones is 1. The number of thioether (sulfide) groups is 1. The molecule has 0 fully saturated rings. The van der Waals surface area contributed by atoms with Crippen LogP contribution in [0, 0.1) is 5.92 Å². The number of hydrogen-bond donors (Lipinski definition) is 1. The van der Waals surface area contributed by atoms with Gasteiger partial charge in [-0.05, 0) is 43.2 Å². The van der Waals surface area contributed by atoms with E-state index in [9.17, 15) is 9.59 Å². The highest BCUT2D eigenvalue weighted by Crippen LogP contribution is 2.14. The molecule has 0 radical (unpaired) electrons. The van der Waals surface area contributed by atoms with Crippen molar-refractivity contribution in [2.45, 2.75) is 45.4 Å². The molecule has 2 aromatic rings. The highest BCUT2D eigenvalue weighted by molar-refractivity contribution is 7.99. The minimum absolute atomic E-state index is 0.108. The average Bonchev–Trinajstić information content (AvgIpc) is 2.77. The molecule has 0 bridgehead atoms. The molecule has 0 heterocycles. The Balaban J connectivity index is 2.02. The quantitative estimate of drug-likeness (QED) is 0.469. The van der Waals surface area contributed by atoms with E-state index in [1.165, 1.54) is 0 Å². The number of benzene rings is 2. The Morgan fingerprint density at radius 3 is 2.16 bits per heavy atom. The third-order valence-corrected chi connectivity index (χ3v) is 5.83. The van der Waals surface area contributed by atoms with Gasteiger partial charge in [-0.25, -0.2) is 4.79 Å². The van der Waals surface area contributed by atoms with Gasteiger partial charge >= 0.3 is 6.09 Å². The molecule has 6 heteroatoms. The molecule has 5 nitrogen and oxygen atoms in total.